The zero-order chi connectivity index (χ0) is 14.1. The number of H-pyrrole nitrogens is 3. The Morgan fingerprint density at radius 1 is 0.850 bits per heavy atom. The molecule has 0 amide bonds. The summed E-state index contributed by atoms with van der Waals surface area (Å²) in [6.45, 7) is 0. The van der Waals surface area contributed by atoms with Crippen LogP contribution in [0, 0.1) is 0 Å². The summed E-state index contributed by atoms with van der Waals surface area (Å²) in [4.78, 5) is 3.56. The Morgan fingerprint density at radius 3 is 1.85 bits per heavy atom. The summed E-state index contributed by atoms with van der Waals surface area (Å²) in [6, 6.07) is 1.83. The highest BCUT2D eigenvalue weighted by Crippen LogP contribution is 2.14. The molecule has 108 valence electrons. The van der Waals surface area contributed by atoms with E-state index in [4.69, 9.17) is 0 Å². The largest absolute Gasteiger partial charge is 0.286 e. The highest BCUT2D eigenvalue weighted by atomic mass is 32.2. The number of nitrogens with zero attached hydrogens (tertiary/aromatic N) is 5. The molecule has 4 rings (SSSR count). The molecule has 3 aromatic heterocycles. The van der Waals surface area contributed by atoms with Gasteiger partial charge in [-0.2, -0.15) is 37.4 Å². The Labute approximate surface area is 121 Å². The van der Waals surface area contributed by atoms with Crippen molar-refractivity contribution in [2.75, 3.05) is 11.5 Å². The molecule has 1 aliphatic rings. The van der Waals surface area contributed by atoms with Crippen LogP contribution in [-0.2, 0) is 0 Å². The second kappa shape index (κ2) is 13.3. The molecule has 0 unspecified atom stereocenters. The van der Waals surface area contributed by atoms with Gasteiger partial charge in [0, 0.05) is 12.4 Å². The first-order valence-electron chi connectivity index (χ1n) is 6.10. The first-order valence-corrected chi connectivity index (χ1v) is 7.25. The smallest absolute Gasteiger partial charge is 0.137 e. The fourth-order valence-corrected chi connectivity index (χ4v) is 2.08. The van der Waals surface area contributed by atoms with E-state index in [0.717, 1.165) is 0 Å². The SMILES string of the molecule is C1CCSC1.c1cn[nH]c1.c1cn[nH]n1.c1nc[nH]n1. The van der Waals surface area contributed by atoms with E-state index in [1.165, 1.54) is 37.0 Å². The van der Waals surface area contributed by atoms with Gasteiger partial charge < -0.3 is 0 Å². The van der Waals surface area contributed by atoms with Crippen LogP contribution in [0.25, 0.3) is 0 Å². The van der Waals surface area contributed by atoms with E-state index in [-0.39, 0.29) is 0 Å². The van der Waals surface area contributed by atoms with Gasteiger partial charge in [0.05, 0.1) is 12.4 Å². The normalized spacial score (nSPS) is 12.0. The molecule has 0 aliphatic carbocycles. The number of aromatic amines is 3. The van der Waals surface area contributed by atoms with Crippen LogP contribution in [0.4, 0.5) is 0 Å². The zero-order valence-electron chi connectivity index (χ0n) is 11.0. The van der Waals surface area contributed by atoms with Crippen LogP contribution in [0.15, 0.2) is 43.5 Å². The number of nitrogens with one attached hydrogen (secondary N) is 3. The van der Waals surface area contributed by atoms with Gasteiger partial charge in [-0.1, -0.05) is 0 Å². The maximum Gasteiger partial charge on any atom is 0.137 e. The van der Waals surface area contributed by atoms with Gasteiger partial charge in [0.2, 0.25) is 0 Å². The van der Waals surface area contributed by atoms with Crippen LogP contribution in [-0.4, -0.2) is 52.3 Å². The summed E-state index contributed by atoms with van der Waals surface area (Å²) in [6.07, 6.45) is 12.5. The van der Waals surface area contributed by atoms with E-state index >= 15 is 0 Å². The second-order valence-corrected chi connectivity index (χ2v) is 4.62. The first kappa shape index (κ1) is 15.9. The standard InChI is InChI=1S/C4H8S.C3H4N2.2C2H3N3/c2*1-2-4-5-3-1;1-3-2-5-4-1;1-2-4-5-3-1/h1-4H2;1-3H,(H,4,5);2*1-2H,(H,3,4,5). The quantitative estimate of drug-likeness (QED) is 0.579. The van der Waals surface area contributed by atoms with Gasteiger partial charge >= 0.3 is 0 Å². The molecule has 3 N–H and O–H groups in total. The Bertz CT molecular complexity index is 313. The van der Waals surface area contributed by atoms with Crippen molar-refractivity contribution in [2.45, 2.75) is 12.8 Å². The van der Waals surface area contributed by atoms with Crippen molar-refractivity contribution in [1.29, 1.82) is 0 Å². The van der Waals surface area contributed by atoms with Crippen molar-refractivity contribution in [3.63, 3.8) is 0 Å². The molecule has 0 spiro atoms. The lowest BCUT2D eigenvalue weighted by atomic mass is 10.4. The van der Waals surface area contributed by atoms with Gasteiger partial charge in [0.1, 0.15) is 12.7 Å². The fourth-order valence-electron chi connectivity index (χ4n) is 1.06. The van der Waals surface area contributed by atoms with Crippen LogP contribution >= 0.6 is 11.8 Å². The Morgan fingerprint density at radius 2 is 1.65 bits per heavy atom. The second-order valence-electron chi connectivity index (χ2n) is 3.39. The number of hydrogen-bond donors (Lipinski definition) is 3. The lowest BCUT2D eigenvalue weighted by molar-refractivity contribution is 0.940. The third kappa shape index (κ3) is 11.0. The van der Waals surface area contributed by atoms with Crippen molar-refractivity contribution in [2.24, 2.45) is 0 Å². The highest BCUT2D eigenvalue weighted by molar-refractivity contribution is 7.99. The van der Waals surface area contributed by atoms with Crippen molar-refractivity contribution in [3.05, 3.63) is 43.5 Å². The van der Waals surface area contributed by atoms with E-state index in [1.54, 1.807) is 24.8 Å². The fraction of sp³-hybridized carbons (Fsp3) is 0.364. The van der Waals surface area contributed by atoms with E-state index < -0.39 is 0 Å². The molecule has 20 heavy (non-hydrogen) atoms. The summed E-state index contributed by atoms with van der Waals surface area (Å²) in [5, 5.41) is 21.5. The lowest BCUT2D eigenvalue weighted by Crippen LogP contribution is -1.61. The van der Waals surface area contributed by atoms with Crippen LogP contribution in [0.2, 0.25) is 0 Å². The Kier molecular flexibility index (Phi) is 10.6. The van der Waals surface area contributed by atoms with Crippen molar-refractivity contribution < 1.29 is 0 Å². The van der Waals surface area contributed by atoms with Gasteiger partial charge in [-0.05, 0) is 30.4 Å². The van der Waals surface area contributed by atoms with Crippen LogP contribution in [0.5, 0.6) is 0 Å². The third-order valence-corrected chi connectivity index (χ3v) is 3.05. The summed E-state index contributed by atoms with van der Waals surface area (Å²) in [7, 11) is 0. The van der Waals surface area contributed by atoms with Gasteiger partial charge in [-0.25, -0.2) is 4.98 Å². The maximum absolute atomic E-state index is 3.60. The molecule has 0 saturated carbocycles. The summed E-state index contributed by atoms with van der Waals surface area (Å²) < 4.78 is 0. The molecule has 3 aromatic rings. The molecule has 0 bridgehead atoms. The van der Waals surface area contributed by atoms with Crippen molar-refractivity contribution in [1.82, 2.24) is 40.8 Å². The van der Waals surface area contributed by atoms with E-state index in [2.05, 4.69) is 52.6 Å². The molecule has 1 saturated heterocycles. The molecule has 1 fully saturated rings. The Balaban J connectivity index is 0.000000133. The van der Waals surface area contributed by atoms with E-state index in [1.807, 2.05) is 6.07 Å². The zero-order valence-corrected chi connectivity index (χ0v) is 11.8. The number of rotatable bonds is 0. The van der Waals surface area contributed by atoms with Crippen molar-refractivity contribution >= 4 is 11.8 Å². The highest BCUT2D eigenvalue weighted by Gasteiger charge is 1.95. The average molecular weight is 294 g/mol. The van der Waals surface area contributed by atoms with Gasteiger partial charge in [-0.3, -0.25) is 10.2 Å². The maximum atomic E-state index is 3.60. The summed E-state index contributed by atoms with van der Waals surface area (Å²) >= 11 is 2.07. The van der Waals surface area contributed by atoms with E-state index in [0.29, 0.717) is 0 Å². The molecular weight excluding hydrogens is 276 g/mol. The summed E-state index contributed by atoms with van der Waals surface area (Å²) in [5.41, 5.74) is 0. The predicted octanol–water partition coefficient (Wildman–Crippen LogP) is 1.53. The molecule has 1 aliphatic heterocycles. The van der Waals surface area contributed by atoms with Gasteiger partial charge in [-0.15, -0.1) is 0 Å². The minimum absolute atomic E-state index is 1.42. The molecular formula is C11H18N8S. The van der Waals surface area contributed by atoms with Gasteiger partial charge in [0.15, 0.2) is 0 Å². The molecule has 0 atom stereocenters. The van der Waals surface area contributed by atoms with Crippen molar-refractivity contribution in [3.8, 4) is 0 Å². The lowest BCUT2D eigenvalue weighted by Gasteiger charge is -1.69. The first-order chi connectivity index (χ1) is 10.0. The summed E-state index contributed by atoms with van der Waals surface area (Å²) in [5.74, 6) is 2.83. The molecule has 0 radical (unpaired) electrons. The van der Waals surface area contributed by atoms with Crippen LogP contribution in [0.1, 0.15) is 12.8 Å². The Hall–Kier alpha value is -2.16. The average Bonchev–Trinajstić information content (AvgIpc) is 3.40. The molecule has 8 nitrogen and oxygen atoms in total. The topological polar surface area (TPSA) is 112 Å². The monoisotopic (exact) mass is 294 g/mol. The molecule has 4 heterocycles. The minimum atomic E-state index is 1.42. The minimum Gasteiger partial charge on any atom is -0.286 e. The number of thioether (sulfide) groups is 1. The van der Waals surface area contributed by atoms with Crippen LogP contribution in [0.3, 0.4) is 0 Å². The van der Waals surface area contributed by atoms with Crippen LogP contribution < -0.4 is 0 Å². The van der Waals surface area contributed by atoms with Gasteiger partial charge in [0.25, 0.3) is 0 Å². The number of aromatic nitrogens is 8. The number of hydrogen-bond acceptors (Lipinski definition) is 6. The molecule has 0 aromatic carbocycles. The third-order valence-electron chi connectivity index (χ3n) is 1.90. The predicted molar refractivity (Wildman–Crippen MR) is 77.9 cm³/mol. The van der Waals surface area contributed by atoms with E-state index in [9.17, 15) is 0 Å². The molecule has 9 heteroatoms.